The van der Waals surface area contributed by atoms with Gasteiger partial charge in [0.1, 0.15) is 0 Å². The molecule has 0 amide bonds. The Morgan fingerprint density at radius 1 is 1.64 bits per heavy atom. The minimum absolute atomic E-state index is 0.816. The van der Waals surface area contributed by atoms with Crippen LogP contribution in [0.2, 0.25) is 0 Å². The van der Waals surface area contributed by atoms with E-state index in [0.29, 0.717) is 0 Å². The fourth-order valence-electron chi connectivity index (χ4n) is 1.15. The Bertz CT molecular complexity index is 288. The Hall–Kier alpha value is -1.38. The third kappa shape index (κ3) is 0.981. The van der Waals surface area contributed by atoms with E-state index in [0.717, 1.165) is 18.0 Å². The normalized spacial score (nSPS) is 14.8. The number of anilines is 1. The van der Waals surface area contributed by atoms with E-state index in [-0.39, 0.29) is 0 Å². The van der Waals surface area contributed by atoms with E-state index in [1.807, 2.05) is 13.1 Å². The van der Waals surface area contributed by atoms with Gasteiger partial charge in [-0.3, -0.25) is 0 Å². The van der Waals surface area contributed by atoms with Crippen molar-refractivity contribution in [1.82, 2.24) is 5.32 Å². The van der Waals surface area contributed by atoms with Crippen LogP contribution in [0, 0.1) is 0 Å². The molecule has 0 atom stereocenters. The smallest absolute Gasteiger partial charge is 0.200 e. The minimum Gasteiger partial charge on any atom is -0.448 e. The molecular formula is C8H10N2O. The van der Waals surface area contributed by atoms with Gasteiger partial charge in [0, 0.05) is 18.3 Å². The zero-order valence-corrected chi connectivity index (χ0v) is 6.35. The van der Waals surface area contributed by atoms with Crippen molar-refractivity contribution in [2.24, 2.45) is 0 Å². The van der Waals surface area contributed by atoms with Crippen molar-refractivity contribution in [3.05, 3.63) is 23.6 Å². The molecule has 0 aliphatic carbocycles. The van der Waals surface area contributed by atoms with Crippen LogP contribution in [-0.2, 0) is 0 Å². The second kappa shape index (κ2) is 2.34. The van der Waals surface area contributed by atoms with Gasteiger partial charge in [0.05, 0.1) is 12.8 Å². The second-order valence-corrected chi connectivity index (χ2v) is 2.48. The number of rotatable bonds is 1. The third-order valence-corrected chi connectivity index (χ3v) is 1.79. The number of nitrogens with one attached hydrogen (secondary N) is 2. The molecule has 58 valence electrons. The van der Waals surface area contributed by atoms with E-state index in [9.17, 15) is 0 Å². The molecule has 2 rings (SSSR count). The molecule has 0 spiro atoms. The molecule has 0 unspecified atom stereocenters. The standard InChI is InChI=1S/C8H10N2O/c1-9-7-4-6-2-3-11-8(6)10-5-7/h2-4,9-10H,5H2,1H3. The molecule has 2 N–H and O–H groups in total. The molecule has 1 aromatic rings. The molecule has 0 fully saturated rings. The van der Waals surface area contributed by atoms with Crippen molar-refractivity contribution in [2.45, 2.75) is 0 Å². The summed E-state index contributed by atoms with van der Waals surface area (Å²) in [5.41, 5.74) is 2.29. The van der Waals surface area contributed by atoms with Crippen molar-refractivity contribution in [3.8, 4) is 0 Å². The van der Waals surface area contributed by atoms with Gasteiger partial charge in [-0.2, -0.15) is 0 Å². The Morgan fingerprint density at radius 3 is 3.36 bits per heavy atom. The van der Waals surface area contributed by atoms with Crippen LogP contribution in [0.25, 0.3) is 6.08 Å². The first kappa shape index (κ1) is 6.34. The van der Waals surface area contributed by atoms with Crippen molar-refractivity contribution in [3.63, 3.8) is 0 Å². The van der Waals surface area contributed by atoms with Crippen LogP contribution in [-0.4, -0.2) is 13.6 Å². The first-order chi connectivity index (χ1) is 5.40. The van der Waals surface area contributed by atoms with Crippen LogP contribution >= 0.6 is 0 Å². The summed E-state index contributed by atoms with van der Waals surface area (Å²) in [6, 6.07) is 1.94. The number of likely N-dealkylation sites (N-methyl/N-ethyl adjacent to an activating group) is 1. The SMILES string of the molecule is CNC1=Cc2ccoc2NC1. The molecule has 1 aromatic heterocycles. The predicted octanol–water partition coefficient (Wildman–Crippen LogP) is 1.27. The zero-order chi connectivity index (χ0) is 7.68. The largest absolute Gasteiger partial charge is 0.448 e. The van der Waals surface area contributed by atoms with E-state index in [1.165, 1.54) is 5.70 Å². The summed E-state index contributed by atoms with van der Waals surface area (Å²) in [6.45, 7) is 0.816. The molecule has 2 heterocycles. The fourth-order valence-corrected chi connectivity index (χ4v) is 1.15. The van der Waals surface area contributed by atoms with E-state index in [4.69, 9.17) is 4.42 Å². The summed E-state index contributed by atoms with van der Waals surface area (Å²) in [5, 5.41) is 6.24. The van der Waals surface area contributed by atoms with Gasteiger partial charge in [0.25, 0.3) is 0 Å². The molecule has 0 saturated carbocycles. The van der Waals surface area contributed by atoms with E-state index in [2.05, 4.69) is 16.7 Å². The van der Waals surface area contributed by atoms with Gasteiger partial charge in [0.15, 0.2) is 5.88 Å². The Kier molecular flexibility index (Phi) is 1.35. The first-order valence-corrected chi connectivity index (χ1v) is 3.60. The minimum atomic E-state index is 0.816. The summed E-state index contributed by atoms with van der Waals surface area (Å²) in [6.07, 6.45) is 3.77. The van der Waals surface area contributed by atoms with Gasteiger partial charge in [-0.15, -0.1) is 0 Å². The lowest BCUT2D eigenvalue weighted by Gasteiger charge is -2.13. The Morgan fingerprint density at radius 2 is 2.55 bits per heavy atom. The first-order valence-electron chi connectivity index (χ1n) is 3.60. The maximum atomic E-state index is 5.17. The lowest BCUT2D eigenvalue weighted by molar-refractivity contribution is 0.578. The monoisotopic (exact) mass is 150 g/mol. The number of hydrogen-bond acceptors (Lipinski definition) is 3. The summed E-state index contributed by atoms with van der Waals surface area (Å²) in [4.78, 5) is 0. The molecular weight excluding hydrogens is 140 g/mol. The Balaban J connectivity index is 2.37. The van der Waals surface area contributed by atoms with E-state index in [1.54, 1.807) is 6.26 Å². The van der Waals surface area contributed by atoms with E-state index >= 15 is 0 Å². The molecule has 11 heavy (non-hydrogen) atoms. The highest BCUT2D eigenvalue weighted by Gasteiger charge is 2.09. The molecule has 0 radical (unpaired) electrons. The molecule has 1 aliphatic heterocycles. The van der Waals surface area contributed by atoms with Crippen molar-refractivity contribution < 1.29 is 4.42 Å². The van der Waals surface area contributed by atoms with Crippen LogP contribution < -0.4 is 10.6 Å². The highest BCUT2D eigenvalue weighted by molar-refractivity contribution is 5.67. The van der Waals surface area contributed by atoms with Crippen LogP contribution in [0.15, 0.2) is 22.4 Å². The lowest BCUT2D eigenvalue weighted by atomic mass is 10.2. The van der Waals surface area contributed by atoms with Gasteiger partial charge in [-0.1, -0.05) is 0 Å². The zero-order valence-electron chi connectivity index (χ0n) is 6.35. The number of hydrogen-bond donors (Lipinski definition) is 2. The quantitative estimate of drug-likeness (QED) is 0.633. The molecule has 0 bridgehead atoms. The molecule has 3 nitrogen and oxygen atoms in total. The summed E-state index contributed by atoms with van der Waals surface area (Å²) < 4.78 is 5.17. The Labute approximate surface area is 65.1 Å². The average Bonchev–Trinajstić information content (AvgIpc) is 2.50. The summed E-state index contributed by atoms with van der Waals surface area (Å²) >= 11 is 0. The van der Waals surface area contributed by atoms with Crippen molar-refractivity contribution >= 4 is 12.0 Å². The van der Waals surface area contributed by atoms with E-state index < -0.39 is 0 Å². The van der Waals surface area contributed by atoms with Gasteiger partial charge in [0.2, 0.25) is 0 Å². The second-order valence-electron chi connectivity index (χ2n) is 2.48. The number of fused-ring (bicyclic) bond motifs is 1. The highest BCUT2D eigenvalue weighted by Crippen LogP contribution is 2.22. The fraction of sp³-hybridized carbons (Fsp3) is 0.250. The van der Waals surface area contributed by atoms with Crippen LogP contribution in [0.3, 0.4) is 0 Å². The van der Waals surface area contributed by atoms with Gasteiger partial charge in [-0.25, -0.2) is 0 Å². The van der Waals surface area contributed by atoms with Gasteiger partial charge < -0.3 is 15.1 Å². The van der Waals surface area contributed by atoms with Crippen LogP contribution in [0.1, 0.15) is 5.56 Å². The summed E-state index contributed by atoms with van der Waals surface area (Å²) in [5.74, 6) is 0.865. The third-order valence-electron chi connectivity index (χ3n) is 1.79. The molecule has 0 saturated heterocycles. The highest BCUT2D eigenvalue weighted by atomic mass is 16.3. The summed E-state index contributed by atoms with van der Waals surface area (Å²) in [7, 11) is 1.92. The molecule has 0 aromatic carbocycles. The van der Waals surface area contributed by atoms with Gasteiger partial charge >= 0.3 is 0 Å². The maximum Gasteiger partial charge on any atom is 0.200 e. The predicted molar refractivity (Wildman–Crippen MR) is 44.2 cm³/mol. The van der Waals surface area contributed by atoms with Crippen molar-refractivity contribution in [1.29, 1.82) is 0 Å². The topological polar surface area (TPSA) is 37.2 Å². The average molecular weight is 150 g/mol. The maximum absolute atomic E-state index is 5.17. The molecule has 3 heteroatoms. The van der Waals surface area contributed by atoms with Crippen LogP contribution in [0.4, 0.5) is 5.88 Å². The van der Waals surface area contributed by atoms with Crippen LogP contribution in [0.5, 0.6) is 0 Å². The lowest BCUT2D eigenvalue weighted by Crippen LogP contribution is -2.18. The molecule has 1 aliphatic rings. The van der Waals surface area contributed by atoms with Crippen molar-refractivity contribution in [2.75, 3.05) is 18.9 Å². The van der Waals surface area contributed by atoms with Gasteiger partial charge in [-0.05, 0) is 12.1 Å². The number of furan rings is 1.